The molecule has 0 saturated heterocycles. The van der Waals surface area contributed by atoms with Crippen molar-refractivity contribution in [3.63, 3.8) is 0 Å². The normalized spacial score (nSPS) is 19.2. The Morgan fingerprint density at radius 3 is 2.25 bits per heavy atom. The number of fused-ring (bicyclic) bond motifs is 6. The first-order valence-corrected chi connectivity index (χ1v) is 11.8. The van der Waals surface area contributed by atoms with E-state index >= 15 is 0 Å². The fraction of sp³-hybridized carbons (Fsp3) is 0.226. The van der Waals surface area contributed by atoms with Crippen molar-refractivity contribution in [2.45, 2.75) is 46.0 Å². The maximum absolute atomic E-state index is 2.52. The average molecular weight is 416 g/mol. The summed E-state index contributed by atoms with van der Waals surface area (Å²) >= 11 is 0. The summed E-state index contributed by atoms with van der Waals surface area (Å²) in [5.74, 6) is 0. The van der Waals surface area contributed by atoms with Crippen LogP contribution in [0, 0.1) is 0 Å². The van der Waals surface area contributed by atoms with Gasteiger partial charge in [-0.25, -0.2) is 0 Å². The highest BCUT2D eigenvalue weighted by Crippen LogP contribution is 2.52. The number of hydrogen-bond donors (Lipinski definition) is 0. The topological polar surface area (TPSA) is 4.93 Å². The van der Waals surface area contributed by atoms with Crippen LogP contribution in [-0.2, 0) is 5.41 Å². The second-order valence-corrected chi connectivity index (χ2v) is 9.53. The Hall–Kier alpha value is -3.32. The first kappa shape index (κ1) is 19.4. The van der Waals surface area contributed by atoms with Crippen molar-refractivity contribution in [2.24, 2.45) is 0 Å². The first-order valence-electron chi connectivity index (χ1n) is 11.8. The molecular weight excluding hydrogens is 386 g/mol. The van der Waals surface area contributed by atoms with Crippen molar-refractivity contribution in [3.05, 3.63) is 94.0 Å². The number of rotatable bonds is 1. The van der Waals surface area contributed by atoms with Gasteiger partial charge in [-0.05, 0) is 66.5 Å². The molecular formula is C31H29N. The lowest BCUT2D eigenvalue weighted by atomic mass is 9.81. The summed E-state index contributed by atoms with van der Waals surface area (Å²) in [6, 6.07) is 20.3. The highest BCUT2D eigenvalue weighted by Gasteiger charge is 2.39. The predicted molar refractivity (Wildman–Crippen MR) is 139 cm³/mol. The second kappa shape index (κ2) is 6.84. The van der Waals surface area contributed by atoms with Gasteiger partial charge >= 0.3 is 0 Å². The van der Waals surface area contributed by atoms with Gasteiger partial charge in [0.1, 0.15) is 0 Å². The Kier molecular flexibility index (Phi) is 4.14. The molecule has 32 heavy (non-hydrogen) atoms. The van der Waals surface area contributed by atoms with E-state index in [0.717, 1.165) is 12.8 Å². The Labute approximate surface area is 189 Å². The van der Waals surface area contributed by atoms with Gasteiger partial charge in [0, 0.05) is 26.8 Å². The van der Waals surface area contributed by atoms with Crippen LogP contribution in [0.15, 0.2) is 72.3 Å². The van der Waals surface area contributed by atoms with E-state index in [-0.39, 0.29) is 5.41 Å². The van der Waals surface area contributed by atoms with Crippen molar-refractivity contribution in [3.8, 4) is 5.69 Å². The molecule has 0 aliphatic heterocycles. The minimum Gasteiger partial charge on any atom is -0.309 e. The van der Waals surface area contributed by atoms with Gasteiger partial charge in [-0.2, -0.15) is 0 Å². The largest absolute Gasteiger partial charge is 0.309 e. The SMILES string of the molecule is C/C=C1\C(=C/C)c2c(cc(-n3c4c(c5ccccc53)=CCCC=4)c3ccccc23)C1(C)C. The van der Waals surface area contributed by atoms with Crippen LogP contribution in [0.2, 0.25) is 0 Å². The maximum Gasteiger partial charge on any atom is 0.0543 e. The Morgan fingerprint density at radius 1 is 0.812 bits per heavy atom. The molecule has 2 aliphatic rings. The van der Waals surface area contributed by atoms with Gasteiger partial charge < -0.3 is 4.57 Å². The van der Waals surface area contributed by atoms with Crippen LogP contribution in [0.4, 0.5) is 0 Å². The predicted octanol–water partition coefficient (Wildman–Crippen LogP) is 6.78. The lowest BCUT2D eigenvalue weighted by molar-refractivity contribution is 0.659. The first-order chi connectivity index (χ1) is 15.6. The molecule has 0 unspecified atom stereocenters. The molecule has 0 radical (unpaired) electrons. The number of allylic oxidation sites excluding steroid dienone is 4. The fourth-order valence-electron chi connectivity index (χ4n) is 6.16. The summed E-state index contributed by atoms with van der Waals surface area (Å²) in [6.07, 6.45) is 11.7. The van der Waals surface area contributed by atoms with E-state index in [9.17, 15) is 0 Å². The number of para-hydroxylation sites is 1. The van der Waals surface area contributed by atoms with E-state index < -0.39 is 0 Å². The van der Waals surface area contributed by atoms with Gasteiger partial charge in [0.25, 0.3) is 0 Å². The van der Waals surface area contributed by atoms with Crippen molar-refractivity contribution >= 4 is 39.4 Å². The summed E-state index contributed by atoms with van der Waals surface area (Å²) in [5.41, 5.74) is 8.22. The summed E-state index contributed by atoms with van der Waals surface area (Å²) in [5, 5.41) is 6.76. The third kappa shape index (κ3) is 2.40. The van der Waals surface area contributed by atoms with Gasteiger partial charge in [0.15, 0.2) is 0 Å². The molecule has 0 atom stereocenters. The molecule has 0 fully saturated rings. The van der Waals surface area contributed by atoms with E-state index in [1.165, 1.54) is 60.2 Å². The summed E-state index contributed by atoms with van der Waals surface area (Å²) in [7, 11) is 0. The van der Waals surface area contributed by atoms with Crippen LogP contribution in [0.1, 0.15) is 51.7 Å². The van der Waals surface area contributed by atoms with Crippen LogP contribution in [0.3, 0.4) is 0 Å². The fourth-order valence-corrected chi connectivity index (χ4v) is 6.16. The number of aromatic nitrogens is 1. The van der Waals surface area contributed by atoms with E-state index in [1.807, 2.05) is 0 Å². The zero-order chi connectivity index (χ0) is 22.0. The molecule has 1 nitrogen and oxygen atoms in total. The maximum atomic E-state index is 2.52. The van der Waals surface area contributed by atoms with Crippen molar-refractivity contribution < 1.29 is 0 Å². The van der Waals surface area contributed by atoms with E-state index in [0.29, 0.717) is 0 Å². The van der Waals surface area contributed by atoms with Crippen LogP contribution in [0.5, 0.6) is 0 Å². The van der Waals surface area contributed by atoms with Crippen LogP contribution in [-0.4, -0.2) is 4.57 Å². The number of benzene rings is 3. The molecule has 6 rings (SSSR count). The summed E-state index contributed by atoms with van der Waals surface area (Å²) in [4.78, 5) is 0. The van der Waals surface area contributed by atoms with Crippen molar-refractivity contribution in [1.82, 2.24) is 4.57 Å². The zero-order valence-electron chi connectivity index (χ0n) is 19.4. The standard InChI is InChI=1S/C31H29N/c1-5-20-25(6-2)31(3,4)26-19-29(23-15-7-8-16-24(23)30(20)26)32-27-17-11-9-13-21(27)22-14-10-12-18-28(22)32/h5-9,11,13-19H,10,12H2,1-4H3/b20-5+,25-6+. The molecule has 0 saturated carbocycles. The molecule has 4 aromatic rings. The van der Waals surface area contributed by atoms with Crippen molar-refractivity contribution in [2.75, 3.05) is 0 Å². The Morgan fingerprint density at radius 2 is 1.50 bits per heavy atom. The molecule has 2 aliphatic carbocycles. The third-order valence-electron chi connectivity index (χ3n) is 7.55. The molecule has 0 amide bonds. The average Bonchev–Trinajstić information content (AvgIpc) is 3.27. The molecule has 3 aromatic carbocycles. The lowest BCUT2D eigenvalue weighted by Gasteiger charge is -2.23. The smallest absolute Gasteiger partial charge is 0.0543 e. The molecule has 0 spiro atoms. The van der Waals surface area contributed by atoms with Crippen LogP contribution < -0.4 is 10.6 Å². The van der Waals surface area contributed by atoms with E-state index in [1.54, 1.807) is 0 Å². The second-order valence-electron chi connectivity index (χ2n) is 9.53. The number of nitrogens with zero attached hydrogens (tertiary/aromatic N) is 1. The minimum atomic E-state index is -0.0242. The third-order valence-corrected chi connectivity index (χ3v) is 7.55. The van der Waals surface area contributed by atoms with E-state index in [4.69, 9.17) is 0 Å². The van der Waals surface area contributed by atoms with Gasteiger partial charge in [-0.1, -0.05) is 80.6 Å². The zero-order valence-corrected chi connectivity index (χ0v) is 19.4. The minimum absolute atomic E-state index is 0.0242. The molecule has 1 heteroatoms. The van der Waals surface area contributed by atoms with Crippen molar-refractivity contribution in [1.29, 1.82) is 0 Å². The van der Waals surface area contributed by atoms with Gasteiger partial charge in [0.2, 0.25) is 0 Å². The van der Waals surface area contributed by atoms with Crippen LogP contribution in [0.25, 0.3) is 45.1 Å². The quantitative estimate of drug-likeness (QED) is 0.323. The lowest BCUT2D eigenvalue weighted by Crippen LogP contribution is -2.30. The highest BCUT2D eigenvalue weighted by molar-refractivity contribution is 6.07. The van der Waals surface area contributed by atoms with E-state index in [2.05, 4.69) is 111 Å². The van der Waals surface area contributed by atoms with Gasteiger partial charge in [-0.3, -0.25) is 0 Å². The molecule has 0 N–H and O–H groups in total. The molecule has 0 bridgehead atoms. The van der Waals surface area contributed by atoms with Gasteiger partial charge in [-0.15, -0.1) is 0 Å². The summed E-state index contributed by atoms with van der Waals surface area (Å²) < 4.78 is 2.52. The molecule has 1 aromatic heterocycles. The molecule has 1 heterocycles. The Bertz CT molecular complexity index is 1600. The highest BCUT2D eigenvalue weighted by atomic mass is 15.0. The van der Waals surface area contributed by atoms with Crippen LogP contribution >= 0.6 is 0 Å². The number of hydrogen-bond acceptors (Lipinski definition) is 0. The monoisotopic (exact) mass is 415 g/mol. The Balaban J connectivity index is 1.84. The summed E-state index contributed by atoms with van der Waals surface area (Å²) in [6.45, 7) is 9.10. The van der Waals surface area contributed by atoms with Gasteiger partial charge in [0.05, 0.1) is 11.2 Å². The molecule has 158 valence electrons.